The first kappa shape index (κ1) is 8.85. The predicted octanol–water partition coefficient (Wildman–Crippen LogP) is 1.69. The molecule has 0 bridgehead atoms. The van der Waals surface area contributed by atoms with E-state index in [9.17, 15) is 0 Å². The van der Waals surface area contributed by atoms with Crippen molar-refractivity contribution >= 4 is 11.8 Å². The van der Waals surface area contributed by atoms with Crippen molar-refractivity contribution in [3.8, 4) is 0 Å². The molecule has 2 rings (SSSR count). The first-order valence-electron chi connectivity index (χ1n) is 4.55. The minimum atomic E-state index is -0.00231. The highest BCUT2D eigenvalue weighted by Crippen LogP contribution is 2.40. The number of fused-ring (bicyclic) bond motifs is 1. The zero-order valence-corrected chi connectivity index (χ0v) is 8.52. The SMILES string of the molecule is CSC1CO[C@@H]2CCCO[C@]12C. The molecule has 0 radical (unpaired) electrons. The Labute approximate surface area is 78.0 Å². The molecule has 3 heteroatoms. The van der Waals surface area contributed by atoms with Crippen molar-refractivity contribution < 1.29 is 9.47 Å². The van der Waals surface area contributed by atoms with E-state index in [4.69, 9.17) is 9.47 Å². The van der Waals surface area contributed by atoms with Crippen molar-refractivity contribution in [2.24, 2.45) is 0 Å². The Balaban J connectivity index is 2.13. The van der Waals surface area contributed by atoms with Gasteiger partial charge in [0.15, 0.2) is 0 Å². The first-order valence-corrected chi connectivity index (χ1v) is 5.84. The van der Waals surface area contributed by atoms with Gasteiger partial charge in [-0.2, -0.15) is 11.8 Å². The third-order valence-electron chi connectivity index (χ3n) is 3.04. The quantitative estimate of drug-likeness (QED) is 0.624. The molecule has 0 saturated carbocycles. The fourth-order valence-electron chi connectivity index (χ4n) is 2.16. The van der Waals surface area contributed by atoms with E-state index in [1.807, 2.05) is 11.8 Å². The van der Waals surface area contributed by atoms with Crippen LogP contribution in [-0.2, 0) is 9.47 Å². The Hall–Kier alpha value is 0.270. The van der Waals surface area contributed by atoms with Crippen molar-refractivity contribution in [2.45, 2.75) is 36.7 Å². The Bertz CT molecular complexity index is 166. The maximum Gasteiger partial charge on any atom is 0.105 e. The van der Waals surface area contributed by atoms with Crippen LogP contribution in [-0.4, -0.2) is 36.4 Å². The standard InChI is InChI=1S/C9H16O2S/c1-9-7(4-3-5-11-9)10-6-8(9)12-2/h7-8H,3-6H2,1-2H3/t7-,8?,9+/m1/s1. The molecule has 0 amide bonds. The lowest BCUT2D eigenvalue weighted by Crippen LogP contribution is -2.48. The Kier molecular flexibility index (Phi) is 2.36. The molecule has 0 aliphatic carbocycles. The number of hydrogen-bond donors (Lipinski definition) is 0. The third-order valence-corrected chi connectivity index (χ3v) is 4.21. The van der Waals surface area contributed by atoms with Gasteiger partial charge in [0.25, 0.3) is 0 Å². The molecule has 0 N–H and O–H groups in total. The predicted molar refractivity (Wildman–Crippen MR) is 50.6 cm³/mol. The molecule has 0 aromatic rings. The summed E-state index contributed by atoms with van der Waals surface area (Å²) in [7, 11) is 0. The fourth-order valence-corrected chi connectivity index (χ4v) is 3.06. The van der Waals surface area contributed by atoms with Crippen LogP contribution in [0, 0.1) is 0 Å². The number of ether oxygens (including phenoxy) is 2. The Morgan fingerprint density at radius 2 is 2.33 bits per heavy atom. The highest BCUT2D eigenvalue weighted by Gasteiger charge is 2.50. The van der Waals surface area contributed by atoms with E-state index >= 15 is 0 Å². The van der Waals surface area contributed by atoms with Crippen LogP contribution in [0.3, 0.4) is 0 Å². The van der Waals surface area contributed by atoms with Crippen molar-refractivity contribution in [3.05, 3.63) is 0 Å². The molecule has 70 valence electrons. The van der Waals surface area contributed by atoms with E-state index in [1.165, 1.54) is 6.42 Å². The smallest absolute Gasteiger partial charge is 0.105 e. The maximum atomic E-state index is 5.85. The van der Waals surface area contributed by atoms with E-state index in [1.54, 1.807) is 0 Å². The van der Waals surface area contributed by atoms with Gasteiger partial charge >= 0.3 is 0 Å². The average Bonchev–Trinajstić information content (AvgIpc) is 2.41. The lowest BCUT2D eigenvalue weighted by molar-refractivity contribution is -0.111. The lowest BCUT2D eigenvalue weighted by atomic mass is 9.92. The first-order chi connectivity index (χ1) is 5.77. The van der Waals surface area contributed by atoms with Crippen LogP contribution in [0.5, 0.6) is 0 Å². The second-order valence-electron chi connectivity index (χ2n) is 3.72. The molecule has 2 heterocycles. The highest BCUT2D eigenvalue weighted by molar-refractivity contribution is 7.99. The van der Waals surface area contributed by atoms with E-state index < -0.39 is 0 Å². The number of thioether (sulfide) groups is 1. The van der Waals surface area contributed by atoms with Crippen LogP contribution in [0.15, 0.2) is 0 Å². The monoisotopic (exact) mass is 188 g/mol. The van der Waals surface area contributed by atoms with Gasteiger partial charge in [-0.3, -0.25) is 0 Å². The van der Waals surface area contributed by atoms with Gasteiger partial charge < -0.3 is 9.47 Å². The molecule has 2 aliphatic heterocycles. The normalized spacial score (nSPS) is 47.5. The van der Waals surface area contributed by atoms with E-state index in [-0.39, 0.29) is 5.60 Å². The second kappa shape index (κ2) is 3.20. The van der Waals surface area contributed by atoms with Crippen LogP contribution >= 0.6 is 11.8 Å². The van der Waals surface area contributed by atoms with E-state index in [0.717, 1.165) is 19.6 Å². The van der Waals surface area contributed by atoms with Gasteiger partial charge in [0.2, 0.25) is 0 Å². The minimum absolute atomic E-state index is 0.00231. The van der Waals surface area contributed by atoms with Gasteiger partial charge in [-0.1, -0.05) is 0 Å². The molecule has 0 aromatic carbocycles. The summed E-state index contributed by atoms with van der Waals surface area (Å²) < 4.78 is 11.6. The largest absolute Gasteiger partial charge is 0.374 e. The Morgan fingerprint density at radius 3 is 3.08 bits per heavy atom. The summed E-state index contributed by atoms with van der Waals surface area (Å²) in [6.45, 7) is 3.97. The zero-order valence-electron chi connectivity index (χ0n) is 7.71. The van der Waals surface area contributed by atoms with Crippen LogP contribution < -0.4 is 0 Å². The second-order valence-corrected chi connectivity index (χ2v) is 4.76. The van der Waals surface area contributed by atoms with Gasteiger partial charge in [-0.15, -0.1) is 0 Å². The molecule has 2 fully saturated rings. The van der Waals surface area contributed by atoms with Crippen molar-refractivity contribution in [3.63, 3.8) is 0 Å². The molecular weight excluding hydrogens is 172 g/mol. The molecule has 2 aliphatic rings. The van der Waals surface area contributed by atoms with Gasteiger partial charge in [0.05, 0.1) is 18.0 Å². The lowest BCUT2D eigenvalue weighted by Gasteiger charge is -2.37. The van der Waals surface area contributed by atoms with Crippen molar-refractivity contribution in [2.75, 3.05) is 19.5 Å². The van der Waals surface area contributed by atoms with Gasteiger partial charge in [-0.25, -0.2) is 0 Å². The van der Waals surface area contributed by atoms with Crippen LogP contribution in [0.2, 0.25) is 0 Å². The summed E-state index contributed by atoms with van der Waals surface area (Å²) in [6.07, 6.45) is 4.82. The van der Waals surface area contributed by atoms with Crippen LogP contribution in [0.4, 0.5) is 0 Å². The number of hydrogen-bond acceptors (Lipinski definition) is 3. The van der Waals surface area contributed by atoms with Gasteiger partial charge in [0.1, 0.15) is 5.60 Å². The molecule has 2 saturated heterocycles. The fraction of sp³-hybridized carbons (Fsp3) is 1.00. The summed E-state index contributed by atoms with van der Waals surface area (Å²) in [5, 5.41) is 0.530. The zero-order chi connectivity index (χ0) is 8.60. The topological polar surface area (TPSA) is 18.5 Å². The van der Waals surface area contributed by atoms with E-state index in [0.29, 0.717) is 11.4 Å². The van der Waals surface area contributed by atoms with Crippen molar-refractivity contribution in [1.82, 2.24) is 0 Å². The Morgan fingerprint density at radius 1 is 1.50 bits per heavy atom. The summed E-state index contributed by atoms with van der Waals surface area (Å²) in [6, 6.07) is 0. The average molecular weight is 188 g/mol. The molecule has 0 aromatic heterocycles. The van der Waals surface area contributed by atoms with Crippen LogP contribution in [0.1, 0.15) is 19.8 Å². The summed E-state index contributed by atoms with van der Waals surface area (Å²) >= 11 is 1.87. The molecule has 1 unspecified atom stereocenters. The molecule has 0 spiro atoms. The highest BCUT2D eigenvalue weighted by atomic mass is 32.2. The number of rotatable bonds is 1. The molecule has 12 heavy (non-hydrogen) atoms. The summed E-state index contributed by atoms with van der Waals surface area (Å²) in [4.78, 5) is 0. The molecule has 2 nitrogen and oxygen atoms in total. The van der Waals surface area contributed by atoms with Crippen LogP contribution in [0.25, 0.3) is 0 Å². The minimum Gasteiger partial charge on any atom is -0.374 e. The van der Waals surface area contributed by atoms with Gasteiger partial charge in [0, 0.05) is 6.61 Å². The van der Waals surface area contributed by atoms with E-state index in [2.05, 4.69) is 13.2 Å². The third kappa shape index (κ3) is 1.19. The summed E-state index contributed by atoms with van der Waals surface area (Å²) in [5.41, 5.74) is -0.00231. The summed E-state index contributed by atoms with van der Waals surface area (Å²) in [5.74, 6) is 0. The van der Waals surface area contributed by atoms with Crippen molar-refractivity contribution in [1.29, 1.82) is 0 Å². The maximum absolute atomic E-state index is 5.85. The molecule has 3 atom stereocenters. The van der Waals surface area contributed by atoms with Gasteiger partial charge in [-0.05, 0) is 26.0 Å². The molecular formula is C9H16O2S.